The van der Waals surface area contributed by atoms with Crippen LogP contribution in [0, 0.1) is 16.7 Å². The van der Waals surface area contributed by atoms with Gasteiger partial charge in [-0.1, -0.05) is 55.2 Å². The smallest absolute Gasteiger partial charge is 0.120 e. The monoisotopic (exact) mass is 443 g/mol. The van der Waals surface area contributed by atoms with Gasteiger partial charge in [0, 0.05) is 27.7 Å². The maximum atomic E-state index is 6.27. The molecule has 0 amide bonds. The third-order valence-corrected chi connectivity index (χ3v) is 8.19. The van der Waals surface area contributed by atoms with Crippen LogP contribution in [0.5, 0.6) is 5.75 Å². The second kappa shape index (κ2) is 7.43. The molecule has 4 saturated carbocycles. The molecule has 2 nitrogen and oxygen atoms in total. The van der Waals surface area contributed by atoms with Crippen LogP contribution in [0.3, 0.4) is 0 Å². The Hall–Kier alpha value is -1.22. The van der Waals surface area contributed by atoms with Crippen molar-refractivity contribution < 1.29 is 4.74 Å². The molecule has 4 fully saturated rings. The molecule has 2 aromatic rings. The first-order valence-corrected chi connectivity index (χ1v) is 11.9. The lowest BCUT2D eigenvalue weighted by Gasteiger charge is -2.65. The fourth-order valence-corrected chi connectivity index (χ4v) is 7.94. The van der Waals surface area contributed by atoms with Crippen molar-refractivity contribution in [2.75, 3.05) is 0 Å². The maximum absolute atomic E-state index is 6.27. The van der Waals surface area contributed by atoms with Gasteiger partial charge in [-0.25, -0.2) is 0 Å². The normalized spacial score (nSPS) is 34.3. The van der Waals surface area contributed by atoms with Gasteiger partial charge >= 0.3 is 0 Å². The summed E-state index contributed by atoms with van der Waals surface area (Å²) < 4.78 is 6.03. The zero-order chi connectivity index (χ0) is 21.0. The summed E-state index contributed by atoms with van der Waals surface area (Å²) in [7, 11) is 0. The third-order valence-electron chi connectivity index (χ3n) is 7.60. The molecule has 2 aromatic carbocycles. The van der Waals surface area contributed by atoms with Crippen LogP contribution in [0.4, 0.5) is 0 Å². The first-order chi connectivity index (χ1) is 14.2. The van der Waals surface area contributed by atoms with E-state index in [9.17, 15) is 0 Å². The van der Waals surface area contributed by atoms with Gasteiger partial charge in [-0.3, -0.25) is 0 Å². The van der Waals surface area contributed by atoms with E-state index in [1.807, 2.05) is 18.2 Å². The van der Waals surface area contributed by atoms with Crippen molar-refractivity contribution in [2.24, 2.45) is 16.7 Å². The van der Waals surface area contributed by atoms with Crippen LogP contribution in [-0.4, -0.2) is 5.54 Å². The largest absolute Gasteiger partial charge is 0.489 e. The maximum Gasteiger partial charge on any atom is 0.120 e. The van der Waals surface area contributed by atoms with Crippen LogP contribution in [0.15, 0.2) is 42.5 Å². The van der Waals surface area contributed by atoms with Gasteiger partial charge in [-0.15, -0.1) is 0 Å². The predicted octanol–water partition coefficient (Wildman–Crippen LogP) is 7.41. The van der Waals surface area contributed by atoms with Gasteiger partial charge in [-0.2, -0.15) is 0 Å². The molecule has 0 spiro atoms. The molecule has 0 radical (unpaired) electrons. The molecule has 4 heteroatoms. The number of rotatable bonds is 6. The van der Waals surface area contributed by atoms with Crippen molar-refractivity contribution in [3.8, 4) is 5.75 Å². The van der Waals surface area contributed by atoms with Crippen LogP contribution in [-0.2, 0) is 13.2 Å². The van der Waals surface area contributed by atoms with Crippen molar-refractivity contribution in [3.05, 3.63) is 63.6 Å². The Balaban J connectivity index is 1.24. The highest BCUT2D eigenvalue weighted by Crippen LogP contribution is 2.66. The summed E-state index contributed by atoms with van der Waals surface area (Å²) in [5.74, 6) is 1.78. The van der Waals surface area contributed by atoms with Crippen LogP contribution >= 0.6 is 23.2 Å². The van der Waals surface area contributed by atoms with Gasteiger partial charge < -0.3 is 10.1 Å². The lowest BCUT2D eigenvalue weighted by molar-refractivity contribution is -0.118. The van der Waals surface area contributed by atoms with Crippen molar-refractivity contribution in [1.29, 1.82) is 0 Å². The molecular weight excluding hydrogens is 413 g/mol. The van der Waals surface area contributed by atoms with E-state index in [1.54, 1.807) is 6.07 Å². The molecule has 0 saturated heterocycles. The van der Waals surface area contributed by atoms with E-state index in [-0.39, 0.29) is 0 Å². The summed E-state index contributed by atoms with van der Waals surface area (Å²) >= 11 is 12.3. The Bertz CT molecular complexity index is 940. The molecule has 4 aliphatic carbocycles. The summed E-state index contributed by atoms with van der Waals surface area (Å²) in [4.78, 5) is 0. The van der Waals surface area contributed by atoms with Gasteiger partial charge in [-0.05, 0) is 85.1 Å². The van der Waals surface area contributed by atoms with Crippen LogP contribution in [0.2, 0.25) is 10.0 Å². The topological polar surface area (TPSA) is 21.3 Å². The summed E-state index contributed by atoms with van der Waals surface area (Å²) in [6.07, 6.45) is 8.29. The lowest BCUT2D eigenvalue weighted by Crippen LogP contribution is -2.63. The Labute approximate surface area is 190 Å². The second-order valence-electron chi connectivity index (χ2n) is 10.9. The zero-order valence-electron chi connectivity index (χ0n) is 17.9. The second-order valence-corrected chi connectivity index (χ2v) is 11.8. The Morgan fingerprint density at radius 1 is 0.967 bits per heavy atom. The number of halogens is 2. The molecule has 4 aliphatic rings. The lowest BCUT2D eigenvalue weighted by atomic mass is 9.43. The van der Waals surface area contributed by atoms with Crippen molar-refractivity contribution >= 4 is 23.2 Å². The fraction of sp³-hybridized carbons (Fsp3) is 0.538. The standard InChI is InChI=1S/C26H31Cl2NO/c1-24-10-19-11-25(2,15-24)17-26(12-19,16-24)29-13-18-4-3-5-22(8-18)30-14-20-6-7-21(27)9-23(20)28/h3-9,19,29H,10-17H2,1-2H3/t19?,24-,25+,26?. The highest BCUT2D eigenvalue weighted by atomic mass is 35.5. The summed E-state index contributed by atoms with van der Waals surface area (Å²) in [6.45, 7) is 6.40. The molecule has 4 atom stereocenters. The SMILES string of the molecule is C[C@]12CC3CC(NCc4cccc(OCc5ccc(Cl)cc5Cl)c4)(C1)C[C@@](C)(C3)C2. The zero-order valence-corrected chi connectivity index (χ0v) is 19.5. The molecule has 30 heavy (non-hydrogen) atoms. The predicted molar refractivity (Wildman–Crippen MR) is 124 cm³/mol. The minimum Gasteiger partial charge on any atom is -0.489 e. The summed E-state index contributed by atoms with van der Waals surface area (Å²) in [5.41, 5.74) is 3.60. The first kappa shape index (κ1) is 20.7. The summed E-state index contributed by atoms with van der Waals surface area (Å²) in [6, 6.07) is 14.0. The minimum absolute atomic E-state index is 0.316. The number of benzene rings is 2. The molecule has 0 aromatic heterocycles. The van der Waals surface area contributed by atoms with E-state index < -0.39 is 0 Å². The van der Waals surface area contributed by atoms with E-state index in [0.717, 1.165) is 23.8 Å². The van der Waals surface area contributed by atoms with Crippen LogP contribution < -0.4 is 10.1 Å². The average molecular weight is 444 g/mol. The first-order valence-electron chi connectivity index (χ1n) is 11.1. The van der Waals surface area contributed by atoms with Crippen molar-refractivity contribution in [3.63, 3.8) is 0 Å². The van der Waals surface area contributed by atoms with Gasteiger partial charge in [0.15, 0.2) is 0 Å². The Morgan fingerprint density at radius 2 is 1.73 bits per heavy atom. The van der Waals surface area contributed by atoms with Gasteiger partial charge in [0.2, 0.25) is 0 Å². The quantitative estimate of drug-likeness (QED) is 0.501. The third kappa shape index (κ3) is 4.11. The fourth-order valence-electron chi connectivity index (χ4n) is 7.48. The number of hydrogen-bond donors (Lipinski definition) is 1. The van der Waals surface area contributed by atoms with E-state index in [1.165, 1.54) is 44.1 Å². The molecule has 0 heterocycles. The van der Waals surface area contributed by atoms with Crippen LogP contribution in [0.1, 0.15) is 63.5 Å². The van der Waals surface area contributed by atoms with E-state index in [2.05, 4.69) is 37.4 Å². The number of ether oxygens (including phenoxy) is 1. The van der Waals surface area contributed by atoms with E-state index >= 15 is 0 Å². The van der Waals surface area contributed by atoms with Gasteiger partial charge in [0.1, 0.15) is 12.4 Å². The molecule has 4 bridgehead atoms. The molecule has 6 rings (SSSR count). The number of nitrogens with one attached hydrogen (secondary N) is 1. The Kier molecular flexibility index (Phi) is 5.12. The van der Waals surface area contributed by atoms with E-state index in [0.29, 0.717) is 33.0 Å². The highest BCUT2D eigenvalue weighted by molar-refractivity contribution is 6.35. The van der Waals surface area contributed by atoms with Crippen LogP contribution in [0.25, 0.3) is 0 Å². The van der Waals surface area contributed by atoms with Crippen molar-refractivity contribution in [1.82, 2.24) is 5.32 Å². The van der Waals surface area contributed by atoms with Crippen molar-refractivity contribution in [2.45, 2.75) is 71.1 Å². The summed E-state index contributed by atoms with van der Waals surface area (Å²) in [5, 5.41) is 5.30. The molecule has 1 N–H and O–H groups in total. The minimum atomic E-state index is 0.316. The number of hydrogen-bond acceptors (Lipinski definition) is 2. The van der Waals surface area contributed by atoms with Gasteiger partial charge in [0.05, 0.1) is 0 Å². The molecule has 2 unspecified atom stereocenters. The van der Waals surface area contributed by atoms with Gasteiger partial charge in [0.25, 0.3) is 0 Å². The average Bonchev–Trinajstić information content (AvgIpc) is 2.63. The van der Waals surface area contributed by atoms with E-state index in [4.69, 9.17) is 27.9 Å². The Morgan fingerprint density at radius 3 is 2.43 bits per heavy atom. The molecule has 160 valence electrons. The molecule has 0 aliphatic heterocycles. The molecular formula is C26H31Cl2NO. The highest BCUT2D eigenvalue weighted by Gasteiger charge is 2.59.